The Morgan fingerprint density at radius 3 is 2.86 bits per heavy atom. The van der Waals surface area contributed by atoms with Crippen molar-refractivity contribution in [1.29, 1.82) is 0 Å². The number of hydrogen-bond acceptors (Lipinski definition) is 3. The highest BCUT2D eigenvalue weighted by Crippen LogP contribution is 2.22. The van der Waals surface area contributed by atoms with Crippen LogP contribution in [0.4, 0.5) is 0 Å². The summed E-state index contributed by atoms with van der Waals surface area (Å²) in [6.07, 6.45) is 3.06. The third kappa shape index (κ3) is 1.52. The number of allylic oxidation sites excluding steroid dienone is 2. The second-order valence-electron chi connectivity index (χ2n) is 3.76. The van der Waals surface area contributed by atoms with E-state index < -0.39 is 0 Å². The van der Waals surface area contributed by atoms with Gasteiger partial charge >= 0.3 is 0 Å². The number of ketones is 1. The maximum Gasteiger partial charge on any atom is 0.242 e. The second kappa shape index (κ2) is 3.44. The Balaban J connectivity index is 2.13. The third-order valence-corrected chi connectivity index (χ3v) is 2.82. The topological polar surface area (TPSA) is 49.4 Å². The molecule has 0 spiro atoms. The number of carbonyl (C=O) groups excluding carboxylic acids is 2. The van der Waals surface area contributed by atoms with Gasteiger partial charge in [-0.25, -0.2) is 0 Å². The number of carbonyl (C=O) groups is 2. The lowest BCUT2D eigenvalue weighted by Crippen LogP contribution is -2.52. The fraction of sp³-hybridized carbons (Fsp3) is 0.600. The molecule has 1 heterocycles. The minimum absolute atomic E-state index is 0.0523. The van der Waals surface area contributed by atoms with Gasteiger partial charge in [0.1, 0.15) is 6.04 Å². The number of nitrogens with one attached hydrogen (secondary N) is 1. The summed E-state index contributed by atoms with van der Waals surface area (Å²) < 4.78 is 0. The van der Waals surface area contributed by atoms with E-state index in [1.165, 1.54) is 0 Å². The van der Waals surface area contributed by atoms with Crippen LogP contribution in [0.3, 0.4) is 0 Å². The van der Waals surface area contributed by atoms with Crippen molar-refractivity contribution in [3.05, 3.63) is 11.8 Å². The van der Waals surface area contributed by atoms with Gasteiger partial charge in [-0.05, 0) is 13.3 Å². The Morgan fingerprint density at radius 2 is 2.21 bits per heavy atom. The molecule has 2 aliphatic rings. The van der Waals surface area contributed by atoms with Crippen molar-refractivity contribution in [2.45, 2.75) is 25.8 Å². The number of rotatable bonds is 1. The van der Waals surface area contributed by atoms with Crippen molar-refractivity contribution in [2.75, 3.05) is 13.1 Å². The summed E-state index contributed by atoms with van der Waals surface area (Å²) in [5.41, 5.74) is 1.03. The SMILES string of the molecule is CC1C(=O)NCCN1C1=CC(=O)CC1. The van der Waals surface area contributed by atoms with Crippen LogP contribution in [-0.2, 0) is 9.59 Å². The molecule has 0 radical (unpaired) electrons. The predicted molar refractivity (Wildman–Crippen MR) is 51.5 cm³/mol. The van der Waals surface area contributed by atoms with Crippen molar-refractivity contribution in [2.24, 2.45) is 0 Å². The van der Waals surface area contributed by atoms with Crippen LogP contribution in [0.25, 0.3) is 0 Å². The Morgan fingerprint density at radius 1 is 1.43 bits per heavy atom. The molecule has 0 saturated carbocycles. The zero-order chi connectivity index (χ0) is 10.1. The van der Waals surface area contributed by atoms with Crippen molar-refractivity contribution >= 4 is 11.7 Å². The van der Waals surface area contributed by atoms with Gasteiger partial charge in [-0.3, -0.25) is 9.59 Å². The van der Waals surface area contributed by atoms with Crippen LogP contribution in [0, 0.1) is 0 Å². The van der Waals surface area contributed by atoms with E-state index in [0.29, 0.717) is 13.0 Å². The minimum atomic E-state index is -0.138. The largest absolute Gasteiger partial charge is 0.361 e. The van der Waals surface area contributed by atoms with Crippen molar-refractivity contribution in [3.63, 3.8) is 0 Å². The van der Waals surface area contributed by atoms with E-state index in [2.05, 4.69) is 5.32 Å². The van der Waals surface area contributed by atoms with E-state index in [1.807, 2.05) is 11.8 Å². The summed E-state index contributed by atoms with van der Waals surface area (Å²) in [5, 5.41) is 2.80. The van der Waals surface area contributed by atoms with Gasteiger partial charge in [0.05, 0.1) is 0 Å². The third-order valence-electron chi connectivity index (χ3n) is 2.82. The first-order valence-electron chi connectivity index (χ1n) is 4.96. The van der Waals surface area contributed by atoms with Gasteiger partial charge in [0, 0.05) is 31.3 Å². The summed E-state index contributed by atoms with van der Waals surface area (Å²) in [7, 11) is 0. The molecule has 0 aromatic carbocycles. The van der Waals surface area contributed by atoms with E-state index >= 15 is 0 Å². The fourth-order valence-electron chi connectivity index (χ4n) is 1.98. The van der Waals surface area contributed by atoms with E-state index in [-0.39, 0.29) is 17.7 Å². The smallest absolute Gasteiger partial charge is 0.242 e. The van der Waals surface area contributed by atoms with Gasteiger partial charge in [-0.15, -0.1) is 0 Å². The van der Waals surface area contributed by atoms with Crippen LogP contribution in [0.5, 0.6) is 0 Å². The van der Waals surface area contributed by atoms with Gasteiger partial charge in [-0.1, -0.05) is 0 Å². The number of hydrogen-bond donors (Lipinski definition) is 1. The lowest BCUT2D eigenvalue weighted by atomic mass is 10.1. The molecule has 1 saturated heterocycles. The van der Waals surface area contributed by atoms with E-state index in [0.717, 1.165) is 18.7 Å². The average Bonchev–Trinajstić information content (AvgIpc) is 2.57. The van der Waals surface area contributed by atoms with Crippen LogP contribution >= 0.6 is 0 Å². The highest BCUT2D eigenvalue weighted by Gasteiger charge is 2.28. The van der Waals surface area contributed by atoms with Crippen molar-refractivity contribution in [1.82, 2.24) is 10.2 Å². The average molecular weight is 194 g/mol. The molecular weight excluding hydrogens is 180 g/mol. The number of amides is 1. The summed E-state index contributed by atoms with van der Waals surface area (Å²) in [5.74, 6) is 0.231. The first-order chi connectivity index (χ1) is 6.68. The molecule has 1 aliphatic carbocycles. The van der Waals surface area contributed by atoms with Crippen LogP contribution in [0.2, 0.25) is 0 Å². The fourth-order valence-corrected chi connectivity index (χ4v) is 1.98. The molecule has 0 bridgehead atoms. The molecular formula is C10H14N2O2. The molecule has 0 aromatic heterocycles. The van der Waals surface area contributed by atoms with E-state index in [1.54, 1.807) is 6.08 Å². The molecule has 1 unspecified atom stereocenters. The van der Waals surface area contributed by atoms with E-state index in [9.17, 15) is 9.59 Å². The highest BCUT2D eigenvalue weighted by molar-refractivity contribution is 5.93. The Labute approximate surface area is 83.0 Å². The monoisotopic (exact) mass is 194 g/mol. The molecule has 1 amide bonds. The van der Waals surface area contributed by atoms with Gasteiger partial charge in [-0.2, -0.15) is 0 Å². The van der Waals surface area contributed by atoms with E-state index in [4.69, 9.17) is 0 Å². The standard InChI is InChI=1S/C10H14N2O2/c1-7-10(14)11-4-5-12(7)8-2-3-9(13)6-8/h6-7H,2-5H2,1H3,(H,11,14). The molecule has 4 heteroatoms. The van der Waals surface area contributed by atoms with Gasteiger partial charge < -0.3 is 10.2 Å². The Hall–Kier alpha value is -1.32. The van der Waals surface area contributed by atoms with Gasteiger partial charge in [0.15, 0.2) is 5.78 Å². The van der Waals surface area contributed by atoms with Crippen LogP contribution in [0.1, 0.15) is 19.8 Å². The zero-order valence-electron chi connectivity index (χ0n) is 8.25. The molecule has 2 rings (SSSR count). The first-order valence-corrected chi connectivity index (χ1v) is 4.96. The summed E-state index contributed by atoms with van der Waals surface area (Å²) in [6, 6.07) is -0.138. The lowest BCUT2D eigenvalue weighted by molar-refractivity contribution is -0.127. The summed E-state index contributed by atoms with van der Waals surface area (Å²) >= 11 is 0. The van der Waals surface area contributed by atoms with Gasteiger partial charge in [0.25, 0.3) is 0 Å². The van der Waals surface area contributed by atoms with Gasteiger partial charge in [0.2, 0.25) is 5.91 Å². The molecule has 1 N–H and O–H groups in total. The number of piperazine rings is 1. The van der Waals surface area contributed by atoms with Crippen molar-refractivity contribution in [3.8, 4) is 0 Å². The quantitative estimate of drug-likeness (QED) is 0.642. The van der Waals surface area contributed by atoms with Crippen LogP contribution in [-0.4, -0.2) is 35.7 Å². The van der Waals surface area contributed by atoms with Crippen molar-refractivity contribution < 1.29 is 9.59 Å². The molecule has 1 fully saturated rings. The normalized spacial score (nSPS) is 27.6. The van der Waals surface area contributed by atoms with Crippen LogP contribution in [0.15, 0.2) is 11.8 Å². The molecule has 1 aliphatic heterocycles. The Kier molecular flexibility index (Phi) is 2.27. The summed E-state index contributed by atoms with van der Waals surface area (Å²) in [4.78, 5) is 24.5. The minimum Gasteiger partial charge on any atom is -0.361 e. The molecule has 0 aromatic rings. The molecule has 4 nitrogen and oxygen atoms in total. The number of nitrogens with zero attached hydrogens (tertiary/aromatic N) is 1. The Bertz CT molecular complexity index is 309. The maximum atomic E-state index is 11.4. The second-order valence-corrected chi connectivity index (χ2v) is 3.76. The molecule has 14 heavy (non-hydrogen) atoms. The lowest BCUT2D eigenvalue weighted by Gasteiger charge is -2.35. The van der Waals surface area contributed by atoms with Crippen LogP contribution < -0.4 is 5.32 Å². The molecule has 1 atom stereocenters. The highest BCUT2D eigenvalue weighted by atomic mass is 16.2. The summed E-state index contributed by atoms with van der Waals surface area (Å²) in [6.45, 7) is 3.36. The predicted octanol–water partition coefficient (Wildman–Crippen LogP) is 0.0535. The maximum absolute atomic E-state index is 11.4. The zero-order valence-corrected chi connectivity index (χ0v) is 8.25. The molecule has 76 valence electrons. The first kappa shape index (κ1) is 9.24.